The van der Waals surface area contributed by atoms with E-state index in [1.165, 1.54) is 11.5 Å². The molecule has 3 aromatic rings. The Balaban J connectivity index is 2.18. The number of anilines is 2. The van der Waals surface area contributed by atoms with Crippen molar-refractivity contribution in [2.24, 2.45) is 0 Å². The minimum Gasteiger partial charge on any atom is -0.497 e. The molecular weight excluding hydrogens is 344 g/mol. The molecule has 1 aromatic heterocycles. The highest BCUT2D eigenvalue weighted by Crippen LogP contribution is 2.37. The molecule has 0 aliphatic rings. The molecule has 0 bridgehead atoms. The first-order valence-electron chi connectivity index (χ1n) is 8.53. The van der Waals surface area contributed by atoms with E-state index in [1.54, 1.807) is 7.11 Å². The second-order valence-electron chi connectivity index (χ2n) is 7.16. The van der Waals surface area contributed by atoms with Gasteiger partial charge >= 0.3 is 0 Å². The smallest absolute Gasteiger partial charge is 0.285 e. The Morgan fingerprint density at radius 2 is 1.62 bits per heavy atom. The van der Waals surface area contributed by atoms with Gasteiger partial charge in [-0.05, 0) is 50.6 Å². The molecular formula is C21H24N2O2S. The lowest BCUT2D eigenvalue weighted by atomic mass is 10.1. The van der Waals surface area contributed by atoms with Crippen molar-refractivity contribution >= 4 is 22.9 Å². The third-order valence-corrected chi connectivity index (χ3v) is 5.73. The Hall–Kier alpha value is -2.53. The SMILES string of the molecule is COc1ccc(N(C)c2c(-c3ccccc3)sn(C(C)(C)C)c2=O)cc1. The first-order chi connectivity index (χ1) is 12.3. The highest BCUT2D eigenvalue weighted by atomic mass is 32.1. The minimum absolute atomic E-state index is 0.0275. The van der Waals surface area contributed by atoms with Crippen LogP contribution in [0.4, 0.5) is 11.4 Å². The van der Waals surface area contributed by atoms with E-state index in [0.29, 0.717) is 5.69 Å². The maximum absolute atomic E-state index is 13.3. The number of aromatic nitrogens is 1. The Morgan fingerprint density at radius 1 is 1.00 bits per heavy atom. The Bertz CT molecular complexity index is 935. The van der Waals surface area contributed by atoms with Crippen LogP contribution >= 0.6 is 11.5 Å². The average Bonchev–Trinajstić information content (AvgIpc) is 2.99. The van der Waals surface area contributed by atoms with Gasteiger partial charge in [-0.3, -0.25) is 8.75 Å². The van der Waals surface area contributed by atoms with Gasteiger partial charge in [0.15, 0.2) is 0 Å². The van der Waals surface area contributed by atoms with E-state index in [9.17, 15) is 4.79 Å². The largest absolute Gasteiger partial charge is 0.497 e. The molecule has 0 saturated carbocycles. The van der Waals surface area contributed by atoms with Crippen molar-refractivity contribution < 1.29 is 4.74 Å². The van der Waals surface area contributed by atoms with Gasteiger partial charge in [0, 0.05) is 12.7 Å². The van der Waals surface area contributed by atoms with E-state index in [0.717, 1.165) is 21.9 Å². The van der Waals surface area contributed by atoms with Crippen LogP contribution in [0.5, 0.6) is 5.75 Å². The lowest BCUT2D eigenvalue weighted by Gasteiger charge is -2.20. The molecule has 1 heterocycles. The van der Waals surface area contributed by atoms with Crippen LogP contribution in [0, 0.1) is 0 Å². The van der Waals surface area contributed by atoms with Crippen molar-refractivity contribution in [3.05, 3.63) is 65.0 Å². The zero-order valence-electron chi connectivity index (χ0n) is 15.8. The molecule has 0 aliphatic carbocycles. The first kappa shape index (κ1) is 18.3. The molecule has 0 radical (unpaired) electrons. The summed E-state index contributed by atoms with van der Waals surface area (Å²) in [7, 11) is 3.58. The zero-order valence-corrected chi connectivity index (χ0v) is 16.6. The number of rotatable bonds is 4. The van der Waals surface area contributed by atoms with Gasteiger partial charge in [-0.2, -0.15) is 0 Å². The first-order valence-corrected chi connectivity index (χ1v) is 9.30. The summed E-state index contributed by atoms with van der Waals surface area (Å²) < 4.78 is 7.09. The molecule has 0 fully saturated rings. The van der Waals surface area contributed by atoms with Gasteiger partial charge in [0.2, 0.25) is 0 Å². The lowest BCUT2D eigenvalue weighted by molar-refractivity contribution is 0.415. The van der Waals surface area contributed by atoms with E-state index in [2.05, 4.69) is 20.8 Å². The van der Waals surface area contributed by atoms with Crippen LogP contribution < -0.4 is 15.2 Å². The molecule has 0 saturated heterocycles. The predicted molar refractivity (Wildman–Crippen MR) is 110 cm³/mol. The number of methoxy groups -OCH3 is 1. The van der Waals surface area contributed by atoms with Gasteiger partial charge in [-0.1, -0.05) is 41.9 Å². The molecule has 3 rings (SSSR count). The van der Waals surface area contributed by atoms with E-state index >= 15 is 0 Å². The van der Waals surface area contributed by atoms with Crippen LogP contribution in [-0.4, -0.2) is 18.1 Å². The Morgan fingerprint density at radius 3 is 2.15 bits per heavy atom. The molecule has 4 nitrogen and oxygen atoms in total. The molecule has 0 amide bonds. The molecule has 0 spiro atoms. The second kappa shape index (κ2) is 7.00. The predicted octanol–water partition coefficient (Wildman–Crippen LogP) is 5.11. The summed E-state index contributed by atoms with van der Waals surface area (Å²) in [6, 6.07) is 17.8. The minimum atomic E-state index is -0.274. The van der Waals surface area contributed by atoms with Crippen molar-refractivity contribution in [2.45, 2.75) is 26.3 Å². The van der Waals surface area contributed by atoms with Gasteiger partial charge in [-0.25, -0.2) is 0 Å². The monoisotopic (exact) mass is 368 g/mol. The van der Waals surface area contributed by atoms with Crippen molar-refractivity contribution in [3.8, 4) is 16.2 Å². The summed E-state index contributed by atoms with van der Waals surface area (Å²) in [4.78, 5) is 16.2. The van der Waals surface area contributed by atoms with E-state index in [1.807, 2.05) is 70.5 Å². The van der Waals surface area contributed by atoms with E-state index in [4.69, 9.17) is 4.74 Å². The maximum atomic E-state index is 13.3. The van der Waals surface area contributed by atoms with Crippen LogP contribution in [0.1, 0.15) is 20.8 Å². The quantitative estimate of drug-likeness (QED) is 0.642. The van der Waals surface area contributed by atoms with Crippen molar-refractivity contribution in [3.63, 3.8) is 0 Å². The van der Waals surface area contributed by atoms with Gasteiger partial charge in [0.05, 0.1) is 17.5 Å². The van der Waals surface area contributed by atoms with Crippen molar-refractivity contribution in [2.75, 3.05) is 19.1 Å². The molecule has 136 valence electrons. The van der Waals surface area contributed by atoms with Crippen LogP contribution in [0.15, 0.2) is 59.4 Å². The molecule has 0 N–H and O–H groups in total. The third kappa shape index (κ3) is 3.40. The summed E-state index contributed by atoms with van der Waals surface area (Å²) in [5, 5.41) is 0. The average molecular weight is 369 g/mol. The number of ether oxygens (including phenoxy) is 1. The fourth-order valence-corrected chi connectivity index (χ4v) is 4.00. The lowest BCUT2D eigenvalue weighted by Crippen LogP contribution is -2.31. The maximum Gasteiger partial charge on any atom is 0.285 e. The molecule has 0 unspecified atom stereocenters. The number of hydrogen-bond acceptors (Lipinski definition) is 4. The molecule has 0 atom stereocenters. The number of nitrogens with zero attached hydrogens (tertiary/aromatic N) is 2. The van der Waals surface area contributed by atoms with Crippen LogP contribution in [0.2, 0.25) is 0 Å². The molecule has 26 heavy (non-hydrogen) atoms. The van der Waals surface area contributed by atoms with Crippen LogP contribution in [0.25, 0.3) is 10.4 Å². The van der Waals surface area contributed by atoms with Crippen molar-refractivity contribution in [1.82, 2.24) is 3.96 Å². The fraction of sp³-hybridized carbons (Fsp3) is 0.286. The summed E-state index contributed by atoms with van der Waals surface area (Å²) in [5.74, 6) is 0.794. The summed E-state index contributed by atoms with van der Waals surface area (Å²) in [5.41, 5.74) is 2.44. The summed E-state index contributed by atoms with van der Waals surface area (Å²) in [6.45, 7) is 6.16. The topological polar surface area (TPSA) is 34.5 Å². The Kier molecular flexibility index (Phi) is 4.92. The Labute approximate surface area is 158 Å². The van der Waals surface area contributed by atoms with Crippen LogP contribution in [-0.2, 0) is 5.54 Å². The van der Waals surface area contributed by atoms with Gasteiger partial charge in [-0.15, -0.1) is 0 Å². The van der Waals surface area contributed by atoms with E-state index < -0.39 is 0 Å². The fourth-order valence-electron chi connectivity index (χ4n) is 2.82. The molecule has 5 heteroatoms. The van der Waals surface area contributed by atoms with Crippen molar-refractivity contribution in [1.29, 1.82) is 0 Å². The summed E-state index contributed by atoms with van der Waals surface area (Å²) in [6.07, 6.45) is 0. The number of hydrogen-bond donors (Lipinski definition) is 0. The van der Waals surface area contributed by atoms with Gasteiger partial charge in [0.25, 0.3) is 5.56 Å². The second-order valence-corrected chi connectivity index (χ2v) is 8.12. The molecule has 0 aliphatic heterocycles. The standard InChI is InChI=1S/C21H24N2O2S/c1-21(2,3)23-20(24)18(19(26-23)15-9-7-6-8-10-15)22(4)16-11-13-17(25-5)14-12-16/h6-14H,1-5H3. The highest BCUT2D eigenvalue weighted by Gasteiger charge is 2.26. The normalized spacial score (nSPS) is 11.4. The number of benzene rings is 2. The van der Waals surface area contributed by atoms with Gasteiger partial charge < -0.3 is 9.64 Å². The third-order valence-electron chi connectivity index (χ3n) is 4.23. The molecule has 2 aromatic carbocycles. The van der Waals surface area contributed by atoms with Gasteiger partial charge in [0.1, 0.15) is 11.4 Å². The highest BCUT2D eigenvalue weighted by molar-refractivity contribution is 7.11. The van der Waals surface area contributed by atoms with Crippen LogP contribution in [0.3, 0.4) is 0 Å². The summed E-state index contributed by atoms with van der Waals surface area (Å²) >= 11 is 1.51. The van der Waals surface area contributed by atoms with E-state index in [-0.39, 0.29) is 11.1 Å². The zero-order chi connectivity index (χ0) is 18.9.